The van der Waals surface area contributed by atoms with Gasteiger partial charge in [0.15, 0.2) is 0 Å². The van der Waals surface area contributed by atoms with Crippen LogP contribution in [0.25, 0.3) is 0 Å². The van der Waals surface area contributed by atoms with E-state index in [9.17, 15) is 0 Å². The Morgan fingerprint density at radius 1 is 1.05 bits per heavy atom. The molecule has 21 heavy (non-hydrogen) atoms. The molecule has 2 aromatic carbocycles. The molecule has 0 aliphatic heterocycles. The number of ether oxygens (including phenoxy) is 1. The first-order valence-electron chi connectivity index (χ1n) is 5.79. The van der Waals surface area contributed by atoms with Gasteiger partial charge in [-0.3, -0.25) is 5.43 Å². The van der Waals surface area contributed by atoms with E-state index >= 15 is 0 Å². The van der Waals surface area contributed by atoms with E-state index in [-0.39, 0.29) is 0 Å². The molecule has 7 heteroatoms. The molecular weight excluding hydrogens is 354 g/mol. The van der Waals surface area contributed by atoms with Crippen molar-refractivity contribution in [3.63, 3.8) is 0 Å². The van der Waals surface area contributed by atoms with Crippen LogP contribution in [0.1, 0.15) is 5.56 Å². The monoisotopic (exact) mass is 362 g/mol. The normalized spacial score (nSPS) is 10.9. The molecule has 0 atom stereocenters. The molecule has 0 radical (unpaired) electrons. The highest BCUT2D eigenvalue weighted by atomic mass is 35.5. The number of hydrogen-bond donors (Lipinski definition) is 1. The van der Waals surface area contributed by atoms with Gasteiger partial charge in [-0.1, -0.05) is 52.5 Å². The maximum atomic E-state index is 6.12. The third-order valence-corrected chi connectivity index (χ3v) is 3.77. The number of nitrogens with zero attached hydrogens (tertiary/aromatic N) is 1. The Morgan fingerprint density at radius 3 is 2.33 bits per heavy atom. The van der Waals surface area contributed by atoms with Crippen LogP contribution >= 0.6 is 46.4 Å². The summed E-state index contributed by atoms with van der Waals surface area (Å²) in [6.07, 6.45) is 1.51. The summed E-state index contributed by atoms with van der Waals surface area (Å²) < 4.78 is 5.22. The van der Waals surface area contributed by atoms with Crippen LogP contribution in [0, 0.1) is 0 Å². The lowest BCUT2D eigenvalue weighted by atomic mass is 10.2. The van der Waals surface area contributed by atoms with Gasteiger partial charge in [-0.05, 0) is 24.3 Å². The third-order valence-electron chi connectivity index (χ3n) is 2.61. The zero-order valence-electron chi connectivity index (χ0n) is 10.8. The smallest absolute Gasteiger partial charge is 0.130 e. The lowest BCUT2D eigenvalue weighted by Gasteiger charge is -2.08. The molecule has 0 aromatic heterocycles. The van der Waals surface area contributed by atoms with Crippen molar-refractivity contribution in [3.05, 3.63) is 56.0 Å². The summed E-state index contributed by atoms with van der Waals surface area (Å²) in [6.45, 7) is 0. The Bertz CT molecular complexity index is 669. The fraction of sp³-hybridized carbons (Fsp3) is 0.0714. The van der Waals surface area contributed by atoms with E-state index in [4.69, 9.17) is 51.1 Å². The average Bonchev–Trinajstić information content (AvgIpc) is 2.43. The Balaban J connectivity index is 2.26. The van der Waals surface area contributed by atoms with Crippen LogP contribution < -0.4 is 10.2 Å². The number of halogens is 4. The lowest BCUT2D eigenvalue weighted by molar-refractivity contribution is 0.414. The van der Waals surface area contributed by atoms with Crippen molar-refractivity contribution in [1.29, 1.82) is 0 Å². The van der Waals surface area contributed by atoms with Gasteiger partial charge in [0.05, 0.1) is 39.6 Å². The molecule has 0 spiro atoms. The number of benzene rings is 2. The largest absolute Gasteiger partial charge is 0.496 e. The Hall–Kier alpha value is -1.13. The summed E-state index contributed by atoms with van der Waals surface area (Å²) in [4.78, 5) is 0. The van der Waals surface area contributed by atoms with Crippen molar-refractivity contribution in [2.24, 2.45) is 5.10 Å². The number of para-hydroxylation sites is 1. The first kappa shape index (κ1) is 16.2. The zero-order chi connectivity index (χ0) is 15.4. The summed E-state index contributed by atoms with van der Waals surface area (Å²) in [5, 5.41) is 5.92. The predicted octanol–water partition coefficient (Wildman–Crippen LogP) is 5.75. The minimum absolute atomic E-state index is 0.426. The molecule has 0 heterocycles. The number of rotatable bonds is 4. The van der Waals surface area contributed by atoms with E-state index in [1.165, 1.54) is 13.3 Å². The lowest BCUT2D eigenvalue weighted by Crippen LogP contribution is -1.96. The van der Waals surface area contributed by atoms with E-state index in [1.807, 2.05) is 0 Å². The van der Waals surface area contributed by atoms with Crippen molar-refractivity contribution in [2.45, 2.75) is 0 Å². The Kier molecular flexibility index (Phi) is 5.59. The minimum atomic E-state index is 0.426. The highest BCUT2D eigenvalue weighted by molar-refractivity contribution is 6.39. The first-order valence-corrected chi connectivity index (χ1v) is 7.30. The summed E-state index contributed by atoms with van der Waals surface area (Å²) in [5.74, 6) is 0.517. The van der Waals surface area contributed by atoms with Crippen LogP contribution in [-0.2, 0) is 0 Å². The SMILES string of the molecule is COc1cc(Cl)cc(Cl)c1/C=N\Nc1c(Cl)cccc1Cl. The molecule has 0 aliphatic carbocycles. The van der Waals surface area contributed by atoms with Crippen molar-refractivity contribution in [1.82, 2.24) is 0 Å². The van der Waals surface area contributed by atoms with Crippen molar-refractivity contribution >= 4 is 58.3 Å². The highest BCUT2D eigenvalue weighted by Gasteiger charge is 2.08. The number of methoxy groups -OCH3 is 1. The first-order chi connectivity index (χ1) is 10.0. The fourth-order valence-electron chi connectivity index (χ4n) is 1.62. The molecule has 0 saturated carbocycles. The number of hydrogen-bond acceptors (Lipinski definition) is 3. The van der Waals surface area contributed by atoms with Gasteiger partial charge in [0.2, 0.25) is 0 Å². The predicted molar refractivity (Wildman–Crippen MR) is 90.7 cm³/mol. The molecule has 0 aliphatic rings. The molecule has 0 saturated heterocycles. The van der Waals surface area contributed by atoms with Crippen molar-refractivity contribution in [2.75, 3.05) is 12.5 Å². The fourth-order valence-corrected chi connectivity index (χ4v) is 2.63. The van der Waals surface area contributed by atoms with Gasteiger partial charge in [-0.15, -0.1) is 0 Å². The zero-order valence-corrected chi connectivity index (χ0v) is 13.9. The minimum Gasteiger partial charge on any atom is -0.496 e. The van der Waals surface area contributed by atoms with E-state index in [0.29, 0.717) is 37.1 Å². The molecule has 2 rings (SSSR count). The van der Waals surface area contributed by atoms with Gasteiger partial charge in [0, 0.05) is 5.02 Å². The van der Waals surface area contributed by atoms with E-state index in [2.05, 4.69) is 10.5 Å². The maximum absolute atomic E-state index is 6.12. The summed E-state index contributed by atoms with van der Waals surface area (Å²) in [5.41, 5.74) is 3.89. The van der Waals surface area contributed by atoms with Crippen LogP contribution in [0.4, 0.5) is 5.69 Å². The molecule has 0 amide bonds. The van der Waals surface area contributed by atoms with E-state index in [1.54, 1.807) is 30.3 Å². The maximum Gasteiger partial charge on any atom is 0.130 e. The molecule has 0 fully saturated rings. The second-order valence-corrected chi connectivity index (χ2v) is 5.63. The second kappa shape index (κ2) is 7.23. The van der Waals surface area contributed by atoms with E-state index in [0.717, 1.165) is 0 Å². The number of anilines is 1. The van der Waals surface area contributed by atoms with Crippen molar-refractivity contribution < 1.29 is 4.74 Å². The second-order valence-electron chi connectivity index (χ2n) is 3.97. The third kappa shape index (κ3) is 3.95. The van der Waals surface area contributed by atoms with Gasteiger partial charge >= 0.3 is 0 Å². The molecule has 2 aromatic rings. The molecule has 0 bridgehead atoms. The topological polar surface area (TPSA) is 33.6 Å². The van der Waals surface area contributed by atoms with Gasteiger partial charge in [0.1, 0.15) is 5.75 Å². The molecule has 110 valence electrons. The highest BCUT2D eigenvalue weighted by Crippen LogP contribution is 2.31. The van der Waals surface area contributed by atoms with Crippen LogP contribution in [0.5, 0.6) is 5.75 Å². The standard InChI is InChI=1S/C14H10Cl4N2O/c1-21-13-6-8(15)5-12(18)9(13)7-19-20-14-10(16)3-2-4-11(14)17/h2-7,20H,1H3/b19-7-. The average molecular weight is 364 g/mol. The van der Waals surface area contributed by atoms with Gasteiger partial charge < -0.3 is 4.74 Å². The molecule has 0 unspecified atom stereocenters. The molecule has 3 nitrogen and oxygen atoms in total. The number of nitrogens with one attached hydrogen (secondary N) is 1. The van der Waals surface area contributed by atoms with Gasteiger partial charge in [0.25, 0.3) is 0 Å². The van der Waals surface area contributed by atoms with Gasteiger partial charge in [-0.2, -0.15) is 5.10 Å². The summed E-state index contributed by atoms with van der Waals surface area (Å²) in [7, 11) is 1.53. The van der Waals surface area contributed by atoms with Crippen LogP contribution in [0.2, 0.25) is 20.1 Å². The van der Waals surface area contributed by atoms with Crippen LogP contribution in [-0.4, -0.2) is 13.3 Å². The Labute approximate surface area is 142 Å². The van der Waals surface area contributed by atoms with Crippen LogP contribution in [0.15, 0.2) is 35.4 Å². The molecular formula is C14H10Cl4N2O. The molecule has 1 N–H and O–H groups in total. The Morgan fingerprint density at radius 2 is 1.71 bits per heavy atom. The van der Waals surface area contributed by atoms with Crippen LogP contribution in [0.3, 0.4) is 0 Å². The summed E-state index contributed by atoms with van der Waals surface area (Å²) in [6, 6.07) is 8.42. The van der Waals surface area contributed by atoms with Gasteiger partial charge in [-0.25, -0.2) is 0 Å². The van der Waals surface area contributed by atoms with Crippen molar-refractivity contribution in [3.8, 4) is 5.75 Å². The quantitative estimate of drug-likeness (QED) is 0.553. The summed E-state index contributed by atoms with van der Waals surface area (Å²) >= 11 is 24.1. The number of hydrazone groups is 1. The van der Waals surface area contributed by atoms with E-state index < -0.39 is 0 Å².